The second kappa shape index (κ2) is 4.83. The molecule has 0 bridgehead atoms. The lowest BCUT2D eigenvalue weighted by molar-refractivity contribution is 0.616. The lowest BCUT2D eigenvalue weighted by Crippen LogP contribution is -1.79. The predicted molar refractivity (Wildman–Crippen MR) is 69.3 cm³/mol. The van der Waals surface area contributed by atoms with Crippen LogP contribution in [0.5, 0.6) is 0 Å². The Hall–Kier alpha value is -2.09. The van der Waals surface area contributed by atoms with Crippen molar-refractivity contribution in [1.29, 1.82) is 0 Å². The van der Waals surface area contributed by atoms with Crippen molar-refractivity contribution in [3.63, 3.8) is 0 Å². The molecule has 0 spiro atoms. The molecule has 0 radical (unpaired) electrons. The minimum Gasteiger partial charge on any atom is -0.464 e. The van der Waals surface area contributed by atoms with Gasteiger partial charge in [-0.2, -0.15) is 0 Å². The standard InChI is InChI=1S/C15H13FO/c1-3-12(5-4-11(2)16)13-6-7-15-14(10-13)8-9-17-15/h3-10H,1H2,2H3/b11-4+,12-5+. The molecule has 1 aromatic carbocycles. The van der Waals surface area contributed by atoms with E-state index in [9.17, 15) is 4.39 Å². The first-order valence-corrected chi connectivity index (χ1v) is 5.35. The Kier molecular flexibility index (Phi) is 3.24. The number of furan rings is 1. The summed E-state index contributed by atoms with van der Waals surface area (Å²) in [5.41, 5.74) is 2.71. The van der Waals surface area contributed by atoms with Crippen molar-refractivity contribution in [2.45, 2.75) is 6.92 Å². The Morgan fingerprint density at radius 1 is 1.29 bits per heavy atom. The van der Waals surface area contributed by atoms with Gasteiger partial charge in [-0.25, -0.2) is 4.39 Å². The summed E-state index contributed by atoms with van der Waals surface area (Å²) >= 11 is 0. The summed E-state index contributed by atoms with van der Waals surface area (Å²) in [6, 6.07) is 7.72. The van der Waals surface area contributed by atoms with Gasteiger partial charge in [0.15, 0.2) is 0 Å². The second-order valence-corrected chi connectivity index (χ2v) is 3.75. The van der Waals surface area contributed by atoms with E-state index in [-0.39, 0.29) is 5.83 Å². The van der Waals surface area contributed by atoms with Crippen LogP contribution < -0.4 is 0 Å². The zero-order valence-corrected chi connectivity index (χ0v) is 9.61. The van der Waals surface area contributed by atoms with Crippen molar-refractivity contribution in [1.82, 2.24) is 0 Å². The Morgan fingerprint density at radius 2 is 2.12 bits per heavy atom. The lowest BCUT2D eigenvalue weighted by atomic mass is 10.0. The summed E-state index contributed by atoms with van der Waals surface area (Å²) in [4.78, 5) is 0. The number of rotatable bonds is 3. The van der Waals surface area contributed by atoms with Gasteiger partial charge in [-0.1, -0.05) is 24.8 Å². The van der Waals surface area contributed by atoms with Crippen LogP contribution in [-0.4, -0.2) is 0 Å². The van der Waals surface area contributed by atoms with E-state index in [0.29, 0.717) is 0 Å². The third-order valence-electron chi connectivity index (χ3n) is 2.50. The zero-order valence-electron chi connectivity index (χ0n) is 9.61. The van der Waals surface area contributed by atoms with E-state index >= 15 is 0 Å². The van der Waals surface area contributed by atoms with Crippen LogP contribution in [-0.2, 0) is 0 Å². The van der Waals surface area contributed by atoms with Crippen LogP contribution >= 0.6 is 0 Å². The molecule has 0 fully saturated rings. The van der Waals surface area contributed by atoms with Crippen molar-refractivity contribution in [3.8, 4) is 0 Å². The van der Waals surface area contributed by atoms with Gasteiger partial charge in [0.1, 0.15) is 5.58 Å². The molecule has 0 amide bonds. The van der Waals surface area contributed by atoms with Gasteiger partial charge in [0.2, 0.25) is 0 Å². The highest BCUT2D eigenvalue weighted by Crippen LogP contribution is 2.22. The van der Waals surface area contributed by atoms with E-state index in [0.717, 1.165) is 22.1 Å². The molecule has 17 heavy (non-hydrogen) atoms. The molecule has 2 heteroatoms. The van der Waals surface area contributed by atoms with Crippen molar-refractivity contribution in [3.05, 3.63) is 66.7 Å². The maximum absolute atomic E-state index is 12.7. The van der Waals surface area contributed by atoms with Crippen LogP contribution in [0.25, 0.3) is 16.5 Å². The molecule has 0 aliphatic rings. The molecule has 0 saturated carbocycles. The Morgan fingerprint density at radius 3 is 2.82 bits per heavy atom. The van der Waals surface area contributed by atoms with Crippen LogP contribution in [0.1, 0.15) is 12.5 Å². The molecule has 1 heterocycles. The van der Waals surface area contributed by atoms with Crippen LogP contribution in [0, 0.1) is 0 Å². The predicted octanol–water partition coefficient (Wildman–Crippen LogP) is 4.88. The van der Waals surface area contributed by atoms with E-state index in [1.165, 1.54) is 13.0 Å². The van der Waals surface area contributed by atoms with E-state index in [2.05, 4.69) is 6.58 Å². The molecule has 0 unspecified atom stereocenters. The molecule has 1 nitrogen and oxygen atoms in total. The van der Waals surface area contributed by atoms with Crippen molar-refractivity contribution < 1.29 is 8.81 Å². The fourth-order valence-electron chi connectivity index (χ4n) is 1.63. The molecule has 1 aromatic heterocycles. The first-order chi connectivity index (χ1) is 8.20. The van der Waals surface area contributed by atoms with E-state index in [1.807, 2.05) is 24.3 Å². The van der Waals surface area contributed by atoms with Crippen LogP contribution in [0.15, 0.2) is 65.6 Å². The largest absolute Gasteiger partial charge is 0.464 e. The first-order valence-electron chi connectivity index (χ1n) is 5.35. The summed E-state index contributed by atoms with van der Waals surface area (Å²) in [5.74, 6) is -0.228. The maximum Gasteiger partial charge on any atom is 0.133 e. The molecule has 0 saturated heterocycles. The number of fused-ring (bicyclic) bond motifs is 1. The zero-order chi connectivity index (χ0) is 12.3. The lowest BCUT2D eigenvalue weighted by Gasteiger charge is -2.01. The number of allylic oxidation sites excluding steroid dienone is 5. The normalized spacial score (nSPS) is 13.1. The molecule has 0 aliphatic heterocycles. The van der Waals surface area contributed by atoms with Gasteiger partial charge in [0, 0.05) is 5.39 Å². The number of benzene rings is 1. The Bertz CT molecular complexity index is 598. The average molecular weight is 228 g/mol. The highest BCUT2D eigenvalue weighted by molar-refractivity contribution is 5.84. The monoisotopic (exact) mass is 228 g/mol. The SMILES string of the molecule is C=C/C(=C\C=C(/C)F)c1ccc2occc2c1. The second-order valence-electron chi connectivity index (χ2n) is 3.75. The highest BCUT2D eigenvalue weighted by Gasteiger charge is 2.01. The van der Waals surface area contributed by atoms with Gasteiger partial charge >= 0.3 is 0 Å². The van der Waals surface area contributed by atoms with Crippen molar-refractivity contribution >= 4 is 16.5 Å². The smallest absolute Gasteiger partial charge is 0.133 e. The van der Waals surface area contributed by atoms with Crippen molar-refractivity contribution in [2.75, 3.05) is 0 Å². The fraction of sp³-hybridized carbons (Fsp3) is 0.0667. The minimum atomic E-state index is -0.228. The highest BCUT2D eigenvalue weighted by atomic mass is 19.1. The maximum atomic E-state index is 12.7. The first kappa shape index (κ1) is 11.4. The topological polar surface area (TPSA) is 13.1 Å². The molecular weight excluding hydrogens is 215 g/mol. The minimum absolute atomic E-state index is 0.228. The Labute approximate surface area is 99.6 Å². The van der Waals surface area contributed by atoms with E-state index in [4.69, 9.17) is 4.42 Å². The average Bonchev–Trinajstić information content (AvgIpc) is 2.76. The van der Waals surface area contributed by atoms with Gasteiger partial charge in [0.05, 0.1) is 12.1 Å². The van der Waals surface area contributed by atoms with Crippen LogP contribution in [0.3, 0.4) is 0 Å². The van der Waals surface area contributed by atoms with Crippen molar-refractivity contribution in [2.24, 2.45) is 0 Å². The third-order valence-corrected chi connectivity index (χ3v) is 2.50. The van der Waals surface area contributed by atoms with Gasteiger partial charge in [0.25, 0.3) is 0 Å². The summed E-state index contributed by atoms with van der Waals surface area (Å²) in [6.07, 6.45) is 6.50. The Balaban J connectivity index is 2.46. The van der Waals surface area contributed by atoms with Crippen LogP contribution in [0.4, 0.5) is 4.39 Å². The summed E-state index contributed by atoms with van der Waals surface area (Å²) < 4.78 is 18.0. The quantitative estimate of drug-likeness (QED) is 0.683. The third kappa shape index (κ3) is 2.53. The molecule has 86 valence electrons. The molecule has 0 N–H and O–H groups in total. The number of hydrogen-bond donors (Lipinski definition) is 0. The fourth-order valence-corrected chi connectivity index (χ4v) is 1.63. The van der Waals surface area contributed by atoms with Gasteiger partial charge < -0.3 is 4.42 Å². The molecule has 2 rings (SSSR count). The molecule has 0 atom stereocenters. The molecule has 0 aliphatic carbocycles. The number of hydrogen-bond acceptors (Lipinski definition) is 1. The summed E-state index contributed by atoms with van der Waals surface area (Å²) in [7, 11) is 0. The molecule has 2 aromatic rings. The van der Waals surface area contributed by atoms with Gasteiger partial charge in [-0.3, -0.25) is 0 Å². The van der Waals surface area contributed by atoms with E-state index < -0.39 is 0 Å². The summed E-state index contributed by atoms with van der Waals surface area (Å²) in [6.45, 7) is 5.15. The van der Waals surface area contributed by atoms with Gasteiger partial charge in [-0.05, 0) is 42.3 Å². The number of halogens is 1. The summed E-state index contributed by atoms with van der Waals surface area (Å²) in [5, 5.41) is 1.02. The van der Waals surface area contributed by atoms with Crippen LogP contribution in [0.2, 0.25) is 0 Å². The van der Waals surface area contributed by atoms with Gasteiger partial charge in [-0.15, -0.1) is 0 Å². The van der Waals surface area contributed by atoms with E-state index in [1.54, 1.807) is 18.4 Å². The molecular formula is C15H13FO.